The second-order valence-electron chi connectivity index (χ2n) is 4.73. The molecular formula is C12H13Cl2NO2. The number of carbonyl (C=O) groups excluding carboxylic acids is 1. The highest BCUT2D eigenvalue weighted by Gasteiger charge is 2.40. The third kappa shape index (κ3) is 2.57. The Labute approximate surface area is 110 Å². The van der Waals surface area contributed by atoms with E-state index in [0.29, 0.717) is 23.2 Å². The molecule has 0 N–H and O–H groups in total. The highest BCUT2D eigenvalue weighted by molar-refractivity contribution is 6.35. The van der Waals surface area contributed by atoms with Crippen molar-refractivity contribution < 1.29 is 9.63 Å². The average Bonchev–Trinajstić information content (AvgIpc) is 2.49. The predicted octanol–water partition coefficient (Wildman–Crippen LogP) is 3.29. The maximum absolute atomic E-state index is 11.9. The van der Waals surface area contributed by atoms with Crippen molar-refractivity contribution in [2.75, 3.05) is 6.61 Å². The summed E-state index contributed by atoms with van der Waals surface area (Å²) in [6.45, 7) is 4.47. The number of amides is 1. The fourth-order valence-electron chi connectivity index (χ4n) is 1.62. The summed E-state index contributed by atoms with van der Waals surface area (Å²) in [5.74, 6) is -0.0245. The quantitative estimate of drug-likeness (QED) is 0.828. The van der Waals surface area contributed by atoms with E-state index < -0.39 is 5.41 Å². The third-order valence-corrected chi connectivity index (χ3v) is 3.30. The van der Waals surface area contributed by atoms with Crippen LogP contribution < -0.4 is 0 Å². The monoisotopic (exact) mass is 273 g/mol. The number of hydrogen-bond donors (Lipinski definition) is 0. The van der Waals surface area contributed by atoms with Gasteiger partial charge >= 0.3 is 0 Å². The summed E-state index contributed by atoms with van der Waals surface area (Å²) in [6.07, 6.45) is 0. The van der Waals surface area contributed by atoms with Crippen molar-refractivity contribution in [2.24, 2.45) is 5.41 Å². The molecule has 1 aromatic carbocycles. The lowest BCUT2D eigenvalue weighted by atomic mass is 9.95. The summed E-state index contributed by atoms with van der Waals surface area (Å²) in [5, 5.41) is 2.47. The van der Waals surface area contributed by atoms with E-state index in [1.807, 2.05) is 13.8 Å². The van der Waals surface area contributed by atoms with E-state index in [1.54, 1.807) is 18.2 Å². The van der Waals surface area contributed by atoms with Crippen LogP contribution in [0.4, 0.5) is 0 Å². The Morgan fingerprint density at radius 1 is 1.41 bits per heavy atom. The molecule has 1 amide bonds. The molecule has 0 unspecified atom stereocenters. The van der Waals surface area contributed by atoms with E-state index in [0.717, 1.165) is 5.56 Å². The van der Waals surface area contributed by atoms with Gasteiger partial charge in [-0.15, -0.1) is 0 Å². The van der Waals surface area contributed by atoms with Gasteiger partial charge in [-0.05, 0) is 31.5 Å². The zero-order valence-electron chi connectivity index (χ0n) is 9.67. The Balaban J connectivity index is 2.15. The van der Waals surface area contributed by atoms with E-state index >= 15 is 0 Å². The summed E-state index contributed by atoms with van der Waals surface area (Å²) in [7, 11) is 0. The van der Waals surface area contributed by atoms with Gasteiger partial charge in [-0.1, -0.05) is 29.3 Å². The van der Waals surface area contributed by atoms with Crippen LogP contribution in [0.1, 0.15) is 19.4 Å². The number of benzene rings is 1. The number of halogens is 2. The Bertz CT molecular complexity index is 460. The molecule has 0 bridgehead atoms. The average molecular weight is 274 g/mol. The molecule has 1 aliphatic rings. The molecule has 0 spiro atoms. The molecule has 0 saturated carbocycles. The van der Waals surface area contributed by atoms with Crippen molar-refractivity contribution in [3.63, 3.8) is 0 Å². The molecule has 92 valence electrons. The first-order chi connectivity index (χ1) is 7.90. The predicted molar refractivity (Wildman–Crippen MR) is 66.7 cm³/mol. The van der Waals surface area contributed by atoms with Gasteiger partial charge < -0.3 is 0 Å². The number of rotatable bonds is 2. The van der Waals surface area contributed by atoms with Gasteiger partial charge in [0.2, 0.25) is 0 Å². The summed E-state index contributed by atoms with van der Waals surface area (Å²) in [5.41, 5.74) is 0.362. The molecule has 5 heteroatoms. The fourth-order valence-corrected chi connectivity index (χ4v) is 2.09. The normalized spacial score (nSPS) is 18.8. The van der Waals surface area contributed by atoms with Gasteiger partial charge in [0.1, 0.15) is 0 Å². The lowest BCUT2D eigenvalue weighted by molar-refractivity contribution is -0.165. The number of hydrogen-bond acceptors (Lipinski definition) is 2. The molecule has 1 heterocycles. The van der Waals surface area contributed by atoms with Crippen LogP contribution in [0.15, 0.2) is 18.2 Å². The minimum atomic E-state index is -0.459. The fraction of sp³-hybridized carbons (Fsp3) is 0.417. The van der Waals surface area contributed by atoms with E-state index in [4.69, 9.17) is 28.0 Å². The summed E-state index contributed by atoms with van der Waals surface area (Å²) >= 11 is 11.9. The highest BCUT2D eigenvalue weighted by atomic mass is 35.5. The molecule has 1 aromatic rings. The van der Waals surface area contributed by atoms with Crippen molar-refractivity contribution in [1.29, 1.82) is 0 Å². The maximum Gasteiger partial charge on any atom is 0.254 e. The van der Waals surface area contributed by atoms with Crippen LogP contribution >= 0.6 is 23.2 Å². The lowest BCUT2D eigenvalue weighted by Gasteiger charge is -2.17. The molecular weight excluding hydrogens is 261 g/mol. The minimum absolute atomic E-state index is 0.0245. The molecule has 1 saturated heterocycles. The van der Waals surface area contributed by atoms with Crippen LogP contribution in [-0.2, 0) is 16.2 Å². The highest BCUT2D eigenvalue weighted by Crippen LogP contribution is 2.30. The van der Waals surface area contributed by atoms with Gasteiger partial charge in [0.05, 0.1) is 18.6 Å². The molecule has 0 atom stereocenters. The first-order valence-corrected chi connectivity index (χ1v) is 6.04. The Morgan fingerprint density at radius 2 is 2.12 bits per heavy atom. The van der Waals surface area contributed by atoms with E-state index in [2.05, 4.69) is 0 Å². The van der Waals surface area contributed by atoms with Gasteiger partial charge in [0.15, 0.2) is 0 Å². The molecule has 1 fully saturated rings. The summed E-state index contributed by atoms with van der Waals surface area (Å²) in [4.78, 5) is 17.3. The first kappa shape index (κ1) is 12.7. The Morgan fingerprint density at radius 3 is 2.65 bits per heavy atom. The maximum atomic E-state index is 11.9. The van der Waals surface area contributed by atoms with Gasteiger partial charge in [-0.25, -0.2) is 5.06 Å². The van der Waals surface area contributed by atoms with Crippen LogP contribution in [0.2, 0.25) is 10.0 Å². The summed E-state index contributed by atoms with van der Waals surface area (Å²) < 4.78 is 0. The second-order valence-corrected chi connectivity index (χ2v) is 5.58. The SMILES string of the molecule is CC1(C)CON(Cc2ccc(Cl)cc2Cl)C1=O. The zero-order valence-corrected chi connectivity index (χ0v) is 11.2. The molecule has 2 rings (SSSR count). The van der Waals surface area contributed by atoms with Crippen LogP contribution in [0.5, 0.6) is 0 Å². The molecule has 0 aromatic heterocycles. The largest absolute Gasteiger partial charge is 0.272 e. The van der Waals surface area contributed by atoms with Gasteiger partial charge in [-0.2, -0.15) is 0 Å². The van der Waals surface area contributed by atoms with Crippen LogP contribution in [-0.4, -0.2) is 17.6 Å². The topological polar surface area (TPSA) is 29.5 Å². The Kier molecular flexibility index (Phi) is 3.34. The van der Waals surface area contributed by atoms with Crippen LogP contribution in [0.25, 0.3) is 0 Å². The second kappa shape index (κ2) is 4.48. The van der Waals surface area contributed by atoms with Crippen LogP contribution in [0, 0.1) is 5.41 Å². The van der Waals surface area contributed by atoms with Gasteiger partial charge in [0.25, 0.3) is 5.91 Å². The lowest BCUT2D eigenvalue weighted by Crippen LogP contribution is -2.30. The van der Waals surface area contributed by atoms with Gasteiger partial charge in [-0.3, -0.25) is 9.63 Å². The molecule has 1 aliphatic heterocycles. The standard InChI is InChI=1S/C12H13Cl2NO2/c1-12(2)7-17-15(11(12)16)6-8-3-4-9(13)5-10(8)14/h3-5H,6-7H2,1-2H3. The van der Waals surface area contributed by atoms with Crippen molar-refractivity contribution in [3.8, 4) is 0 Å². The molecule has 17 heavy (non-hydrogen) atoms. The van der Waals surface area contributed by atoms with E-state index in [9.17, 15) is 4.79 Å². The Hall–Kier alpha value is -0.770. The van der Waals surface area contributed by atoms with Crippen molar-refractivity contribution in [3.05, 3.63) is 33.8 Å². The van der Waals surface area contributed by atoms with Crippen molar-refractivity contribution in [1.82, 2.24) is 5.06 Å². The zero-order chi connectivity index (χ0) is 12.6. The van der Waals surface area contributed by atoms with Crippen LogP contribution in [0.3, 0.4) is 0 Å². The van der Waals surface area contributed by atoms with Crippen molar-refractivity contribution >= 4 is 29.1 Å². The number of nitrogens with zero attached hydrogens (tertiary/aromatic N) is 1. The molecule has 0 radical (unpaired) electrons. The van der Waals surface area contributed by atoms with Gasteiger partial charge in [0, 0.05) is 10.0 Å². The summed E-state index contributed by atoms with van der Waals surface area (Å²) in [6, 6.07) is 5.20. The number of carbonyl (C=O) groups is 1. The van der Waals surface area contributed by atoms with E-state index in [1.165, 1.54) is 5.06 Å². The van der Waals surface area contributed by atoms with Crippen molar-refractivity contribution in [2.45, 2.75) is 20.4 Å². The number of hydroxylamine groups is 2. The molecule has 3 nitrogen and oxygen atoms in total. The minimum Gasteiger partial charge on any atom is -0.272 e. The van der Waals surface area contributed by atoms with E-state index in [-0.39, 0.29) is 5.91 Å². The first-order valence-electron chi connectivity index (χ1n) is 5.29. The third-order valence-electron chi connectivity index (χ3n) is 2.72. The molecule has 0 aliphatic carbocycles. The smallest absolute Gasteiger partial charge is 0.254 e.